The molecule has 1 N–H and O–H groups in total. The van der Waals surface area contributed by atoms with Gasteiger partial charge in [0, 0.05) is 32.0 Å². The molecule has 150 valence electrons. The summed E-state index contributed by atoms with van der Waals surface area (Å²) in [5.74, 6) is 0. The third kappa shape index (κ3) is 3.36. The molecule has 0 spiro atoms. The summed E-state index contributed by atoms with van der Waals surface area (Å²) >= 11 is 0. The van der Waals surface area contributed by atoms with Crippen LogP contribution in [-0.4, -0.2) is 6.21 Å². The zero-order chi connectivity index (χ0) is 23.9. The lowest BCUT2D eigenvalue weighted by Gasteiger charge is -2.07. The maximum Gasteiger partial charge on any atom is 0.143 e. The lowest BCUT2D eigenvalue weighted by Crippen LogP contribution is -1.86. The molecule has 31 heavy (non-hydrogen) atoms. The summed E-state index contributed by atoms with van der Waals surface area (Å²) in [6.45, 7) is -0.120. The number of fused-ring (bicyclic) bond motifs is 5. The maximum atomic E-state index is 7.61. The number of para-hydroxylation sites is 1. The Kier molecular flexibility index (Phi) is 3.96. The first-order chi connectivity index (χ1) is 16.4. The SMILES string of the molecule is [2H]C([2H])([2H])c1ccc(C(=C/C=N)/C=C(\C)c2cccc3c2oc2c4ccccc4ccc32)cc1. The smallest absolute Gasteiger partial charge is 0.143 e. The van der Waals surface area contributed by atoms with Gasteiger partial charge in [0.15, 0.2) is 0 Å². The van der Waals surface area contributed by atoms with Crippen LogP contribution in [0.15, 0.2) is 95.4 Å². The van der Waals surface area contributed by atoms with E-state index in [1.54, 1.807) is 30.3 Å². The Bertz CT molecular complexity index is 1600. The quantitative estimate of drug-likeness (QED) is 0.238. The summed E-state index contributed by atoms with van der Waals surface area (Å²) in [4.78, 5) is 0. The number of nitrogens with one attached hydrogen (secondary N) is 1. The van der Waals surface area contributed by atoms with E-state index in [4.69, 9.17) is 13.9 Å². The largest absolute Gasteiger partial charge is 0.455 e. The van der Waals surface area contributed by atoms with Crippen LogP contribution in [-0.2, 0) is 0 Å². The first-order valence-electron chi connectivity index (χ1n) is 11.7. The van der Waals surface area contributed by atoms with Gasteiger partial charge in [-0.2, -0.15) is 0 Å². The molecule has 0 radical (unpaired) electrons. The van der Waals surface area contributed by atoms with E-state index >= 15 is 0 Å². The fourth-order valence-corrected chi connectivity index (χ4v) is 4.13. The van der Waals surface area contributed by atoms with Crippen molar-refractivity contribution in [3.63, 3.8) is 0 Å². The van der Waals surface area contributed by atoms with Crippen LogP contribution in [0.25, 0.3) is 43.9 Å². The van der Waals surface area contributed by atoms with Gasteiger partial charge in [0.2, 0.25) is 0 Å². The molecule has 0 aliphatic carbocycles. The van der Waals surface area contributed by atoms with Gasteiger partial charge < -0.3 is 9.83 Å². The summed E-state index contributed by atoms with van der Waals surface area (Å²) in [6.07, 6.45) is 4.96. The Balaban J connectivity index is 1.63. The van der Waals surface area contributed by atoms with Crippen molar-refractivity contribution in [3.05, 3.63) is 108 Å². The van der Waals surface area contributed by atoms with Gasteiger partial charge in [0.1, 0.15) is 11.2 Å². The number of hydrogen-bond donors (Lipinski definition) is 1. The normalized spacial score (nSPS) is 14.5. The third-order valence-corrected chi connectivity index (χ3v) is 5.67. The molecule has 0 aliphatic heterocycles. The molecular formula is C29H23NO. The second-order valence-corrected chi connectivity index (χ2v) is 7.64. The van der Waals surface area contributed by atoms with Gasteiger partial charge in [-0.05, 0) is 48.0 Å². The van der Waals surface area contributed by atoms with Crippen LogP contribution < -0.4 is 0 Å². The van der Waals surface area contributed by atoms with Crippen molar-refractivity contribution >= 4 is 50.1 Å². The maximum absolute atomic E-state index is 7.61. The predicted molar refractivity (Wildman–Crippen MR) is 133 cm³/mol. The molecule has 1 aromatic heterocycles. The highest BCUT2D eigenvalue weighted by molar-refractivity contribution is 6.16. The van der Waals surface area contributed by atoms with Crippen LogP contribution in [0.4, 0.5) is 0 Å². The topological polar surface area (TPSA) is 37.0 Å². The van der Waals surface area contributed by atoms with Crippen molar-refractivity contribution < 1.29 is 8.53 Å². The van der Waals surface area contributed by atoms with Gasteiger partial charge in [-0.1, -0.05) is 84.4 Å². The summed E-state index contributed by atoms with van der Waals surface area (Å²) in [6, 6.07) is 25.4. The van der Waals surface area contributed by atoms with Gasteiger partial charge in [-0.3, -0.25) is 0 Å². The molecular weight excluding hydrogens is 378 g/mol. The molecule has 0 fully saturated rings. The molecule has 0 saturated heterocycles. The van der Waals surface area contributed by atoms with Crippen molar-refractivity contribution in [3.8, 4) is 0 Å². The molecule has 2 heteroatoms. The highest BCUT2D eigenvalue weighted by Crippen LogP contribution is 2.37. The average molecular weight is 405 g/mol. The van der Waals surface area contributed by atoms with Gasteiger partial charge in [-0.15, -0.1) is 0 Å². The van der Waals surface area contributed by atoms with E-state index < -0.39 is 6.85 Å². The van der Waals surface area contributed by atoms with Gasteiger partial charge in [0.25, 0.3) is 0 Å². The zero-order valence-corrected chi connectivity index (χ0v) is 17.1. The van der Waals surface area contributed by atoms with Crippen LogP contribution >= 0.6 is 0 Å². The molecule has 5 rings (SSSR count). The summed E-state index contributed by atoms with van der Waals surface area (Å²) in [5, 5.41) is 12.0. The van der Waals surface area contributed by atoms with E-state index in [-0.39, 0.29) is 0 Å². The van der Waals surface area contributed by atoms with Crippen LogP contribution in [0.2, 0.25) is 0 Å². The Morgan fingerprint density at radius 1 is 0.839 bits per heavy atom. The molecule has 1 heterocycles. The summed E-state index contributed by atoms with van der Waals surface area (Å²) in [5.41, 5.74) is 5.64. The van der Waals surface area contributed by atoms with Crippen LogP contribution in [0, 0.1) is 12.3 Å². The number of rotatable bonds is 4. The molecule has 0 amide bonds. The molecule has 2 nitrogen and oxygen atoms in total. The molecule has 0 unspecified atom stereocenters. The van der Waals surface area contributed by atoms with Crippen LogP contribution in [0.1, 0.15) is 27.7 Å². The minimum Gasteiger partial charge on any atom is -0.455 e. The average Bonchev–Trinajstić information content (AvgIpc) is 3.22. The van der Waals surface area contributed by atoms with Crippen molar-refractivity contribution in [1.82, 2.24) is 0 Å². The van der Waals surface area contributed by atoms with E-state index in [2.05, 4.69) is 30.3 Å². The van der Waals surface area contributed by atoms with E-state index in [1.165, 1.54) is 6.21 Å². The molecule has 4 aromatic carbocycles. The number of allylic oxidation sites excluding steroid dienone is 4. The van der Waals surface area contributed by atoms with Gasteiger partial charge >= 0.3 is 0 Å². The van der Waals surface area contributed by atoms with Crippen LogP contribution in [0.3, 0.4) is 0 Å². The van der Waals surface area contributed by atoms with Crippen molar-refractivity contribution in [1.29, 1.82) is 5.41 Å². The predicted octanol–water partition coefficient (Wildman–Crippen LogP) is 8.18. The number of hydrogen-bond acceptors (Lipinski definition) is 2. The highest BCUT2D eigenvalue weighted by Gasteiger charge is 2.14. The monoisotopic (exact) mass is 404 g/mol. The van der Waals surface area contributed by atoms with E-state index in [0.717, 1.165) is 55.0 Å². The standard InChI is InChI=1S/C29H23NO/c1-19-10-12-21(13-11-19)23(16-17-30)18-20(2)24-8-5-9-26-27-15-14-22-6-3-4-7-25(22)29(27)31-28(24)26/h3-18,30H,1-2H3/b20-18+,23-16+,30-17?/i1D3. The lowest BCUT2D eigenvalue weighted by molar-refractivity contribution is 0.671. The number of furan rings is 1. The molecule has 0 atom stereocenters. The van der Waals surface area contributed by atoms with E-state index in [0.29, 0.717) is 5.56 Å². The fourth-order valence-electron chi connectivity index (χ4n) is 4.13. The van der Waals surface area contributed by atoms with Gasteiger partial charge in [-0.25, -0.2) is 0 Å². The van der Waals surface area contributed by atoms with E-state index in [9.17, 15) is 0 Å². The van der Waals surface area contributed by atoms with Crippen molar-refractivity contribution in [2.75, 3.05) is 0 Å². The first-order valence-corrected chi connectivity index (χ1v) is 10.2. The molecule has 0 bridgehead atoms. The van der Waals surface area contributed by atoms with Crippen molar-refractivity contribution in [2.45, 2.75) is 13.8 Å². The minimum absolute atomic E-state index is 0.297. The fraction of sp³-hybridized carbons (Fsp3) is 0.0690. The highest BCUT2D eigenvalue weighted by atomic mass is 16.3. The van der Waals surface area contributed by atoms with Gasteiger partial charge in [0.05, 0.1) is 0 Å². The Hall–Kier alpha value is -3.91. The number of benzene rings is 4. The Labute approximate surface area is 185 Å². The molecule has 5 aromatic rings. The third-order valence-electron chi connectivity index (χ3n) is 5.67. The molecule has 0 saturated carbocycles. The zero-order valence-electron chi connectivity index (χ0n) is 20.1. The Morgan fingerprint density at radius 2 is 1.61 bits per heavy atom. The summed E-state index contributed by atoms with van der Waals surface area (Å²) < 4.78 is 29.2. The summed E-state index contributed by atoms with van der Waals surface area (Å²) in [7, 11) is 0. The number of aryl methyl sites for hydroxylation is 1. The van der Waals surface area contributed by atoms with Crippen LogP contribution in [0.5, 0.6) is 0 Å². The second kappa shape index (κ2) is 7.73. The molecule has 0 aliphatic rings. The minimum atomic E-state index is -2.14. The van der Waals surface area contributed by atoms with Crippen molar-refractivity contribution in [2.24, 2.45) is 0 Å². The van der Waals surface area contributed by atoms with E-state index in [1.807, 2.05) is 37.3 Å². The first kappa shape index (κ1) is 15.9. The second-order valence-electron chi connectivity index (χ2n) is 7.64. The lowest BCUT2D eigenvalue weighted by atomic mass is 9.97. The Morgan fingerprint density at radius 3 is 2.42 bits per heavy atom.